The summed E-state index contributed by atoms with van der Waals surface area (Å²) < 4.78 is 3.17. The van der Waals surface area contributed by atoms with E-state index in [1.807, 2.05) is 73.1 Å². The van der Waals surface area contributed by atoms with Crippen LogP contribution in [-0.2, 0) is 24.7 Å². The smallest absolute Gasteiger partial charge is 0.279 e. The van der Waals surface area contributed by atoms with E-state index in [0.29, 0.717) is 23.6 Å². The molecule has 2 aromatic carbocycles. The van der Waals surface area contributed by atoms with E-state index < -0.39 is 0 Å². The van der Waals surface area contributed by atoms with Crippen LogP contribution in [0.25, 0.3) is 17.2 Å². The van der Waals surface area contributed by atoms with Crippen LogP contribution in [0, 0.1) is 6.92 Å². The summed E-state index contributed by atoms with van der Waals surface area (Å²) in [6, 6.07) is 17.3. The monoisotopic (exact) mass is 415 g/mol. The van der Waals surface area contributed by atoms with E-state index in [1.165, 1.54) is 10.1 Å². The average Bonchev–Trinajstić information content (AvgIpc) is 3.25. The molecule has 4 rings (SSSR count). The van der Waals surface area contributed by atoms with Gasteiger partial charge in [0, 0.05) is 36.0 Å². The molecule has 0 aliphatic rings. The molecule has 0 saturated heterocycles. The predicted molar refractivity (Wildman–Crippen MR) is 121 cm³/mol. The summed E-state index contributed by atoms with van der Waals surface area (Å²) in [4.78, 5) is 30.1. The van der Waals surface area contributed by atoms with Crippen molar-refractivity contribution in [2.75, 3.05) is 5.32 Å². The van der Waals surface area contributed by atoms with E-state index in [1.54, 1.807) is 0 Å². The number of rotatable bonds is 6. The Balaban J connectivity index is 1.57. The number of aryl methyl sites for hydroxylation is 2. The molecule has 0 atom stereocenters. The number of fused-ring (bicyclic) bond motifs is 1. The van der Waals surface area contributed by atoms with Crippen LogP contribution in [0.1, 0.15) is 30.2 Å². The standard InChI is InChI=1S/C24H25N5O2/c1-4-17-10-12-19(13-11-17)25-21(30)15-14-20-16(2)28(3)24-26-22(27-29(24)23(20)31)18-8-6-5-7-9-18/h5-13H,4,14-15H2,1-3H3,(H,25,30). The quantitative estimate of drug-likeness (QED) is 0.522. The minimum atomic E-state index is -0.236. The van der Waals surface area contributed by atoms with Crippen molar-refractivity contribution in [2.45, 2.75) is 33.1 Å². The SMILES string of the molecule is CCc1ccc(NC(=O)CCc2c(C)n(C)c3nc(-c4ccccc4)nn3c2=O)cc1. The van der Waals surface area contributed by atoms with Crippen molar-refractivity contribution in [2.24, 2.45) is 7.05 Å². The van der Waals surface area contributed by atoms with Crippen LogP contribution in [0.4, 0.5) is 5.69 Å². The Hall–Kier alpha value is -3.74. The molecule has 0 aliphatic carbocycles. The summed E-state index contributed by atoms with van der Waals surface area (Å²) >= 11 is 0. The van der Waals surface area contributed by atoms with Crippen LogP contribution in [0.2, 0.25) is 0 Å². The van der Waals surface area contributed by atoms with E-state index in [4.69, 9.17) is 0 Å². The van der Waals surface area contributed by atoms with E-state index in [9.17, 15) is 9.59 Å². The molecule has 7 heteroatoms. The summed E-state index contributed by atoms with van der Waals surface area (Å²) in [5.41, 5.74) is 3.93. The maximum Gasteiger partial charge on any atom is 0.279 e. The maximum atomic E-state index is 13.1. The van der Waals surface area contributed by atoms with Crippen molar-refractivity contribution < 1.29 is 4.79 Å². The van der Waals surface area contributed by atoms with Gasteiger partial charge in [-0.15, -0.1) is 5.10 Å². The molecule has 0 saturated carbocycles. The van der Waals surface area contributed by atoms with Crippen molar-refractivity contribution in [3.8, 4) is 11.4 Å². The average molecular weight is 415 g/mol. The molecular weight excluding hydrogens is 390 g/mol. The Labute approximate surface area is 180 Å². The second-order valence-corrected chi connectivity index (χ2v) is 7.54. The van der Waals surface area contributed by atoms with E-state index in [2.05, 4.69) is 22.3 Å². The van der Waals surface area contributed by atoms with Crippen molar-refractivity contribution in [3.63, 3.8) is 0 Å². The molecule has 158 valence electrons. The highest BCUT2D eigenvalue weighted by Gasteiger charge is 2.17. The van der Waals surface area contributed by atoms with Gasteiger partial charge in [-0.05, 0) is 37.5 Å². The molecule has 2 aromatic heterocycles. The number of anilines is 1. The Kier molecular flexibility index (Phi) is 5.66. The Morgan fingerprint density at radius 1 is 1.06 bits per heavy atom. The first-order valence-corrected chi connectivity index (χ1v) is 10.4. The third-order valence-electron chi connectivity index (χ3n) is 5.56. The number of carbonyl (C=O) groups excluding carboxylic acids is 1. The van der Waals surface area contributed by atoms with Crippen LogP contribution in [-0.4, -0.2) is 25.1 Å². The van der Waals surface area contributed by atoms with Gasteiger partial charge in [0.05, 0.1) is 0 Å². The highest BCUT2D eigenvalue weighted by atomic mass is 16.1. The molecule has 31 heavy (non-hydrogen) atoms. The number of aromatic nitrogens is 4. The maximum absolute atomic E-state index is 13.1. The summed E-state index contributed by atoms with van der Waals surface area (Å²) in [5, 5.41) is 7.33. The zero-order valence-corrected chi connectivity index (χ0v) is 17.9. The molecule has 0 spiro atoms. The van der Waals surface area contributed by atoms with Gasteiger partial charge in [0.15, 0.2) is 5.82 Å². The van der Waals surface area contributed by atoms with Crippen LogP contribution < -0.4 is 10.9 Å². The molecule has 1 N–H and O–H groups in total. The van der Waals surface area contributed by atoms with Gasteiger partial charge in [-0.3, -0.25) is 9.59 Å². The lowest BCUT2D eigenvalue weighted by Gasteiger charge is -2.11. The fourth-order valence-corrected chi connectivity index (χ4v) is 3.58. The van der Waals surface area contributed by atoms with Gasteiger partial charge in [-0.1, -0.05) is 49.4 Å². The van der Waals surface area contributed by atoms with E-state index in [0.717, 1.165) is 23.4 Å². The van der Waals surface area contributed by atoms with Gasteiger partial charge < -0.3 is 9.88 Å². The Bertz CT molecular complexity index is 1290. The van der Waals surface area contributed by atoms with Gasteiger partial charge >= 0.3 is 0 Å². The predicted octanol–water partition coefficient (Wildman–Crippen LogP) is 3.54. The van der Waals surface area contributed by atoms with Gasteiger partial charge in [0.25, 0.3) is 5.56 Å². The normalized spacial score (nSPS) is 11.1. The lowest BCUT2D eigenvalue weighted by Crippen LogP contribution is -2.26. The second kappa shape index (κ2) is 8.55. The third-order valence-corrected chi connectivity index (χ3v) is 5.56. The number of hydrogen-bond acceptors (Lipinski definition) is 4. The Morgan fingerprint density at radius 3 is 2.45 bits per heavy atom. The van der Waals surface area contributed by atoms with E-state index in [-0.39, 0.29) is 17.9 Å². The molecule has 0 fully saturated rings. The number of hydrogen-bond donors (Lipinski definition) is 1. The van der Waals surface area contributed by atoms with Gasteiger partial charge in [0.1, 0.15) is 0 Å². The minimum absolute atomic E-state index is 0.130. The topological polar surface area (TPSA) is 81.3 Å². The highest BCUT2D eigenvalue weighted by molar-refractivity contribution is 5.90. The molecule has 0 bridgehead atoms. The number of amides is 1. The largest absolute Gasteiger partial charge is 0.326 e. The Morgan fingerprint density at radius 2 is 1.77 bits per heavy atom. The zero-order chi connectivity index (χ0) is 22.0. The molecule has 2 heterocycles. The van der Waals surface area contributed by atoms with Crippen molar-refractivity contribution in [3.05, 3.63) is 81.8 Å². The first-order chi connectivity index (χ1) is 15.0. The molecular formula is C24H25N5O2. The zero-order valence-electron chi connectivity index (χ0n) is 17.9. The van der Waals surface area contributed by atoms with E-state index >= 15 is 0 Å². The fourth-order valence-electron chi connectivity index (χ4n) is 3.58. The molecule has 7 nitrogen and oxygen atoms in total. The molecule has 0 aliphatic heterocycles. The molecule has 1 amide bonds. The number of nitrogens with one attached hydrogen (secondary N) is 1. The number of nitrogens with zero attached hydrogens (tertiary/aromatic N) is 4. The summed E-state index contributed by atoms with van der Waals surface area (Å²) in [5.74, 6) is 0.845. The van der Waals surface area contributed by atoms with Gasteiger partial charge in [0.2, 0.25) is 11.7 Å². The summed E-state index contributed by atoms with van der Waals surface area (Å²) in [6.07, 6.45) is 1.48. The van der Waals surface area contributed by atoms with Crippen LogP contribution in [0.3, 0.4) is 0 Å². The van der Waals surface area contributed by atoms with Gasteiger partial charge in [-0.25, -0.2) is 0 Å². The third kappa shape index (κ3) is 4.12. The van der Waals surface area contributed by atoms with Gasteiger partial charge in [-0.2, -0.15) is 9.50 Å². The molecule has 4 aromatic rings. The fraction of sp³-hybridized carbons (Fsp3) is 0.250. The first kappa shape index (κ1) is 20.5. The number of benzene rings is 2. The van der Waals surface area contributed by atoms with Crippen LogP contribution in [0.5, 0.6) is 0 Å². The first-order valence-electron chi connectivity index (χ1n) is 10.4. The number of carbonyl (C=O) groups is 1. The lowest BCUT2D eigenvalue weighted by atomic mass is 10.1. The minimum Gasteiger partial charge on any atom is -0.326 e. The van der Waals surface area contributed by atoms with Crippen LogP contribution >= 0.6 is 0 Å². The second-order valence-electron chi connectivity index (χ2n) is 7.54. The lowest BCUT2D eigenvalue weighted by molar-refractivity contribution is -0.116. The summed E-state index contributed by atoms with van der Waals surface area (Å²) in [6.45, 7) is 3.96. The van der Waals surface area contributed by atoms with Crippen molar-refractivity contribution >= 4 is 17.4 Å². The van der Waals surface area contributed by atoms with Crippen LogP contribution in [0.15, 0.2) is 59.4 Å². The van der Waals surface area contributed by atoms with Crippen molar-refractivity contribution in [1.29, 1.82) is 0 Å². The molecule has 0 unspecified atom stereocenters. The summed E-state index contributed by atoms with van der Waals surface area (Å²) in [7, 11) is 1.85. The molecule has 0 radical (unpaired) electrons. The highest BCUT2D eigenvalue weighted by Crippen LogP contribution is 2.17. The van der Waals surface area contributed by atoms with Crippen molar-refractivity contribution in [1.82, 2.24) is 19.2 Å².